The lowest BCUT2D eigenvalue weighted by Crippen LogP contribution is -2.41. The zero-order valence-electron chi connectivity index (χ0n) is 17.1. The fraction of sp³-hybridized carbons (Fsp3) is 0.381. The maximum atomic E-state index is 13.0. The third-order valence-corrected chi connectivity index (χ3v) is 5.75. The highest BCUT2D eigenvalue weighted by Gasteiger charge is 2.51. The van der Waals surface area contributed by atoms with Crippen LogP contribution in [0.2, 0.25) is 5.02 Å². The zero-order valence-corrected chi connectivity index (χ0v) is 17.8. The average Bonchev–Trinajstić information content (AvgIpc) is 2.84. The smallest absolute Gasteiger partial charge is 0.399 e. The van der Waals surface area contributed by atoms with Gasteiger partial charge in [0, 0.05) is 5.69 Å². The average molecular weight is 440 g/mol. The predicted molar refractivity (Wildman–Crippen MR) is 111 cm³/mol. The minimum atomic E-state index is -4.60. The number of anilines is 1. The summed E-state index contributed by atoms with van der Waals surface area (Å²) >= 11 is 5.60. The van der Waals surface area contributed by atoms with Gasteiger partial charge in [-0.05, 0) is 56.9 Å². The molecule has 1 aliphatic heterocycles. The minimum absolute atomic E-state index is 0.00756. The molecule has 1 fully saturated rings. The maximum Gasteiger partial charge on any atom is 0.494 e. The lowest BCUT2D eigenvalue weighted by Gasteiger charge is -2.32. The van der Waals surface area contributed by atoms with Gasteiger partial charge in [0.15, 0.2) is 0 Å². The summed E-state index contributed by atoms with van der Waals surface area (Å²) in [6, 6.07) is 10.4. The molecule has 9 heteroatoms. The van der Waals surface area contributed by atoms with E-state index < -0.39 is 41.0 Å². The van der Waals surface area contributed by atoms with Gasteiger partial charge in [0.2, 0.25) is 5.91 Å². The molecule has 160 valence electrons. The Kier molecular flexibility index (Phi) is 5.97. The minimum Gasteiger partial charge on any atom is -0.399 e. The van der Waals surface area contributed by atoms with E-state index >= 15 is 0 Å². The van der Waals surface area contributed by atoms with E-state index in [0.717, 1.165) is 17.6 Å². The van der Waals surface area contributed by atoms with E-state index in [0.29, 0.717) is 5.56 Å². The number of nitrogens with one attached hydrogen (secondary N) is 1. The van der Waals surface area contributed by atoms with E-state index in [4.69, 9.17) is 20.9 Å². The summed E-state index contributed by atoms with van der Waals surface area (Å²) in [5.74, 6) is -0.436. The summed E-state index contributed by atoms with van der Waals surface area (Å²) in [7, 11) is -0.507. The van der Waals surface area contributed by atoms with Crippen molar-refractivity contribution < 1.29 is 27.3 Å². The molecule has 1 saturated heterocycles. The monoisotopic (exact) mass is 439 g/mol. The molecule has 0 radical (unpaired) electrons. The fourth-order valence-corrected chi connectivity index (χ4v) is 3.21. The maximum absolute atomic E-state index is 13.0. The third-order valence-electron chi connectivity index (χ3n) is 5.43. The molecule has 0 saturated carbocycles. The molecule has 0 unspecified atom stereocenters. The molecule has 0 aliphatic carbocycles. The van der Waals surface area contributed by atoms with Gasteiger partial charge < -0.3 is 14.6 Å². The summed E-state index contributed by atoms with van der Waals surface area (Å²) in [4.78, 5) is 12.3. The number of amides is 1. The molecule has 2 aromatic rings. The van der Waals surface area contributed by atoms with Crippen molar-refractivity contribution in [2.75, 3.05) is 5.32 Å². The molecule has 0 atom stereocenters. The van der Waals surface area contributed by atoms with Crippen molar-refractivity contribution in [1.82, 2.24) is 0 Å². The van der Waals surface area contributed by atoms with Crippen LogP contribution >= 0.6 is 11.6 Å². The van der Waals surface area contributed by atoms with Crippen LogP contribution in [-0.4, -0.2) is 24.2 Å². The van der Waals surface area contributed by atoms with Crippen LogP contribution < -0.4 is 10.8 Å². The Hall–Kier alpha value is -2.03. The highest BCUT2D eigenvalue weighted by Crippen LogP contribution is 2.37. The Morgan fingerprint density at radius 3 is 2.13 bits per heavy atom. The Bertz CT molecular complexity index is 930. The SMILES string of the molecule is CC1(C)OB(c2ccc(CC(=O)Nc3ccc(Cl)c(C(F)(F)F)c3)cc2)OC1(C)C. The van der Waals surface area contributed by atoms with Crippen molar-refractivity contribution in [2.45, 2.75) is 51.5 Å². The van der Waals surface area contributed by atoms with Gasteiger partial charge in [0.05, 0.1) is 28.2 Å². The summed E-state index contributed by atoms with van der Waals surface area (Å²) in [6.45, 7) is 7.86. The summed E-state index contributed by atoms with van der Waals surface area (Å²) in [5, 5.41) is 2.06. The number of hydrogen-bond donors (Lipinski definition) is 1. The lowest BCUT2D eigenvalue weighted by atomic mass is 9.79. The van der Waals surface area contributed by atoms with Crippen molar-refractivity contribution in [3.8, 4) is 0 Å². The van der Waals surface area contributed by atoms with Crippen LogP contribution in [0.3, 0.4) is 0 Å². The van der Waals surface area contributed by atoms with Crippen LogP contribution in [0.1, 0.15) is 38.8 Å². The van der Waals surface area contributed by atoms with Gasteiger partial charge in [-0.3, -0.25) is 4.79 Å². The topological polar surface area (TPSA) is 47.6 Å². The number of rotatable bonds is 4. The van der Waals surface area contributed by atoms with E-state index in [1.54, 1.807) is 12.1 Å². The predicted octanol–water partition coefficient (Wildman–Crippen LogP) is 4.84. The van der Waals surface area contributed by atoms with Crippen LogP contribution in [0.15, 0.2) is 42.5 Å². The van der Waals surface area contributed by atoms with Crippen molar-refractivity contribution in [2.24, 2.45) is 0 Å². The number of alkyl halides is 3. The first kappa shape index (κ1) is 22.7. The molecule has 1 amide bonds. The first-order valence-electron chi connectivity index (χ1n) is 9.39. The number of carbonyl (C=O) groups excluding carboxylic acids is 1. The van der Waals surface area contributed by atoms with Gasteiger partial charge in [0.25, 0.3) is 0 Å². The normalized spacial score (nSPS) is 17.8. The molecule has 30 heavy (non-hydrogen) atoms. The van der Waals surface area contributed by atoms with E-state index in [-0.39, 0.29) is 12.1 Å². The van der Waals surface area contributed by atoms with Crippen LogP contribution in [0.4, 0.5) is 18.9 Å². The van der Waals surface area contributed by atoms with Gasteiger partial charge in [-0.15, -0.1) is 0 Å². The largest absolute Gasteiger partial charge is 0.494 e. The van der Waals surface area contributed by atoms with E-state index in [2.05, 4.69) is 5.32 Å². The van der Waals surface area contributed by atoms with Crippen LogP contribution in [0.5, 0.6) is 0 Å². The molecule has 2 aromatic carbocycles. The molecule has 3 rings (SSSR count). The Morgan fingerprint density at radius 2 is 1.60 bits per heavy atom. The van der Waals surface area contributed by atoms with Crippen LogP contribution in [0.25, 0.3) is 0 Å². The van der Waals surface area contributed by atoms with Gasteiger partial charge in [-0.25, -0.2) is 0 Å². The zero-order chi connectivity index (χ0) is 22.3. The van der Waals surface area contributed by atoms with Crippen molar-refractivity contribution in [1.29, 1.82) is 0 Å². The second-order valence-electron chi connectivity index (χ2n) is 8.25. The van der Waals surface area contributed by atoms with Crippen LogP contribution in [0, 0.1) is 0 Å². The van der Waals surface area contributed by atoms with E-state index in [9.17, 15) is 18.0 Å². The van der Waals surface area contributed by atoms with Gasteiger partial charge >= 0.3 is 13.3 Å². The van der Waals surface area contributed by atoms with Gasteiger partial charge in [0.1, 0.15) is 0 Å². The number of carbonyl (C=O) groups is 1. The first-order chi connectivity index (χ1) is 13.8. The standard InChI is InChI=1S/C21H22BClF3NO3/c1-19(2)20(3,4)30-22(29-19)14-7-5-13(6-8-14)11-18(28)27-15-9-10-17(23)16(12-15)21(24,25)26/h5-10,12H,11H2,1-4H3,(H,27,28). The molecule has 1 N–H and O–H groups in total. The van der Waals surface area contributed by atoms with E-state index in [1.807, 2.05) is 39.8 Å². The lowest BCUT2D eigenvalue weighted by molar-refractivity contribution is -0.137. The first-order valence-corrected chi connectivity index (χ1v) is 9.77. The van der Waals surface area contributed by atoms with Gasteiger partial charge in [-0.2, -0.15) is 13.2 Å². The van der Waals surface area contributed by atoms with Crippen molar-refractivity contribution in [3.63, 3.8) is 0 Å². The molecule has 0 spiro atoms. The second kappa shape index (κ2) is 7.91. The molecule has 0 bridgehead atoms. The van der Waals surface area contributed by atoms with E-state index in [1.165, 1.54) is 6.07 Å². The quantitative estimate of drug-likeness (QED) is 0.694. The Morgan fingerprint density at radius 1 is 1.03 bits per heavy atom. The number of hydrogen-bond acceptors (Lipinski definition) is 3. The molecular weight excluding hydrogens is 417 g/mol. The number of benzene rings is 2. The molecule has 1 aliphatic rings. The second-order valence-corrected chi connectivity index (χ2v) is 8.65. The summed E-state index contributed by atoms with van der Waals surface area (Å²) < 4.78 is 50.9. The Balaban J connectivity index is 1.65. The summed E-state index contributed by atoms with van der Waals surface area (Å²) in [6.07, 6.45) is -4.59. The Labute approximate surface area is 178 Å². The molecule has 0 aromatic heterocycles. The molecule has 1 heterocycles. The fourth-order valence-electron chi connectivity index (χ4n) is 2.98. The highest BCUT2D eigenvalue weighted by atomic mass is 35.5. The van der Waals surface area contributed by atoms with Crippen LogP contribution in [-0.2, 0) is 26.7 Å². The van der Waals surface area contributed by atoms with Crippen molar-refractivity contribution in [3.05, 3.63) is 58.6 Å². The summed E-state index contributed by atoms with van der Waals surface area (Å²) in [5.41, 5.74) is -0.337. The van der Waals surface area contributed by atoms with Crippen molar-refractivity contribution >= 4 is 35.8 Å². The third kappa shape index (κ3) is 4.82. The molecular formula is C21H22BClF3NO3. The highest BCUT2D eigenvalue weighted by molar-refractivity contribution is 6.62. The number of halogens is 4. The molecule has 4 nitrogen and oxygen atoms in total. The van der Waals surface area contributed by atoms with Gasteiger partial charge in [-0.1, -0.05) is 35.9 Å².